The lowest BCUT2D eigenvalue weighted by Gasteiger charge is -2.37. The highest BCUT2D eigenvalue weighted by Gasteiger charge is 2.34. The van der Waals surface area contributed by atoms with Gasteiger partial charge in [0.15, 0.2) is 6.10 Å². The van der Waals surface area contributed by atoms with Gasteiger partial charge >= 0.3 is 6.09 Å². The largest absolute Gasteiger partial charge is 0.445 e. The predicted octanol–water partition coefficient (Wildman–Crippen LogP) is 2.67. The lowest BCUT2D eigenvalue weighted by atomic mass is 10.1. The fraction of sp³-hybridized carbons (Fsp3) is 0.579. The van der Waals surface area contributed by atoms with Crippen molar-refractivity contribution in [2.45, 2.75) is 52.5 Å². The van der Waals surface area contributed by atoms with Crippen molar-refractivity contribution in [1.29, 1.82) is 0 Å². The molecule has 0 N–H and O–H groups in total. The first-order chi connectivity index (χ1) is 11.9. The van der Waals surface area contributed by atoms with Crippen molar-refractivity contribution in [3.63, 3.8) is 0 Å². The van der Waals surface area contributed by atoms with Gasteiger partial charge in [-0.1, -0.05) is 30.3 Å². The van der Waals surface area contributed by atoms with E-state index in [-0.39, 0.29) is 31.1 Å². The molecule has 1 aliphatic rings. The fourth-order valence-corrected chi connectivity index (χ4v) is 3.05. The van der Waals surface area contributed by atoms with E-state index in [2.05, 4.69) is 0 Å². The van der Waals surface area contributed by atoms with Gasteiger partial charge in [-0.05, 0) is 33.3 Å². The van der Waals surface area contributed by atoms with Crippen molar-refractivity contribution in [2.75, 3.05) is 19.7 Å². The fourth-order valence-electron chi connectivity index (χ4n) is 3.05. The van der Waals surface area contributed by atoms with E-state index in [4.69, 9.17) is 9.47 Å². The molecule has 0 saturated carbocycles. The second kappa shape index (κ2) is 8.85. The minimum Gasteiger partial charge on any atom is -0.445 e. The van der Waals surface area contributed by atoms with E-state index >= 15 is 0 Å². The van der Waals surface area contributed by atoms with Gasteiger partial charge in [-0.25, -0.2) is 4.79 Å². The number of carbonyl (C=O) groups is 2. The molecule has 0 radical (unpaired) electrons. The molecule has 25 heavy (non-hydrogen) atoms. The van der Waals surface area contributed by atoms with Gasteiger partial charge in [-0.2, -0.15) is 0 Å². The van der Waals surface area contributed by atoms with Crippen LogP contribution < -0.4 is 0 Å². The third-order valence-corrected chi connectivity index (χ3v) is 4.17. The van der Waals surface area contributed by atoms with E-state index in [1.54, 1.807) is 9.80 Å². The number of nitrogens with zero attached hydrogens (tertiary/aromatic N) is 2. The molecule has 0 aromatic heterocycles. The first-order valence-corrected chi connectivity index (χ1v) is 8.79. The van der Waals surface area contributed by atoms with E-state index in [0.29, 0.717) is 13.2 Å². The van der Waals surface area contributed by atoms with Crippen LogP contribution in [0.5, 0.6) is 0 Å². The molecule has 1 unspecified atom stereocenters. The SMILES string of the molecule is CC(C)N(C(=O)C1CN(C(=O)OCc2ccccc2)CCO1)C(C)C. The average Bonchev–Trinajstić information content (AvgIpc) is 2.60. The Hall–Kier alpha value is -2.08. The van der Waals surface area contributed by atoms with E-state index in [1.165, 1.54) is 0 Å². The Labute approximate surface area is 149 Å². The zero-order chi connectivity index (χ0) is 18.4. The summed E-state index contributed by atoms with van der Waals surface area (Å²) in [5.74, 6) is -0.0782. The van der Waals surface area contributed by atoms with Crippen LogP contribution >= 0.6 is 0 Å². The van der Waals surface area contributed by atoms with E-state index in [1.807, 2.05) is 58.0 Å². The standard InChI is InChI=1S/C19H28N2O4/c1-14(2)21(15(3)4)18(22)17-12-20(10-11-24-17)19(23)25-13-16-8-6-5-7-9-16/h5-9,14-15,17H,10-13H2,1-4H3. The summed E-state index contributed by atoms with van der Waals surface area (Å²) in [7, 11) is 0. The number of morpholine rings is 1. The second-order valence-electron chi connectivity index (χ2n) is 6.78. The number of hydrogen-bond acceptors (Lipinski definition) is 4. The van der Waals surface area contributed by atoms with Gasteiger partial charge in [-0.15, -0.1) is 0 Å². The van der Waals surface area contributed by atoms with Crippen LogP contribution in [0.2, 0.25) is 0 Å². The zero-order valence-electron chi connectivity index (χ0n) is 15.5. The molecule has 2 rings (SSSR count). The van der Waals surface area contributed by atoms with Gasteiger partial charge in [0.25, 0.3) is 5.91 Å². The lowest BCUT2D eigenvalue weighted by molar-refractivity contribution is -0.152. The van der Waals surface area contributed by atoms with E-state index in [9.17, 15) is 9.59 Å². The van der Waals surface area contributed by atoms with E-state index < -0.39 is 12.2 Å². The highest BCUT2D eigenvalue weighted by molar-refractivity contribution is 5.82. The summed E-state index contributed by atoms with van der Waals surface area (Å²) < 4.78 is 11.0. The maximum Gasteiger partial charge on any atom is 0.410 e. The molecular formula is C19H28N2O4. The average molecular weight is 348 g/mol. The van der Waals surface area contributed by atoms with Crippen molar-refractivity contribution >= 4 is 12.0 Å². The summed E-state index contributed by atoms with van der Waals surface area (Å²) in [5.41, 5.74) is 0.933. The van der Waals surface area contributed by atoms with Crippen LogP contribution in [0.3, 0.4) is 0 Å². The third-order valence-electron chi connectivity index (χ3n) is 4.17. The topological polar surface area (TPSA) is 59.1 Å². The normalized spacial score (nSPS) is 17.7. The minimum absolute atomic E-state index is 0.0782. The van der Waals surface area contributed by atoms with E-state index in [0.717, 1.165) is 5.56 Å². The second-order valence-corrected chi connectivity index (χ2v) is 6.78. The van der Waals surface area contributed by atoms with Crippen LogP contribution in [0.15, 0.2) is 30.3 Å². The molecule has 2 amide bonds. The Kier molecular flexibility index (Phi) is 6.82. The smallest absolute Gasteiger partial charge is 0.410 e. The first kappa shape index (κ1) is 19.2. The monoisotopic (exact) mass is 348 g/mol. The number of ether oxygens (including phenoxy) is 2. The molecule has 138 valence electrons. The maximum absolute atomic E-state index is 12.8. The van der Waals surface area contributed by atoms with Crippen LogP contribution in [0.1, 0.15) is 33.3 Å². The van der Waals surface area contributed by atoms with Crippen molar-refractivity contribution in [1.82, 2.24) is 9.80 Å². The molecule has 6 nitrogen and oxygen atoms in total. The molecule has 1 atom stereocenters. The Bertz CT molecular complexity index is 566. The van der Waals surface area contributed by atoms with Crippen LogP contribution in [-0.2, 0) is 20.9 Å². The number of hydrogen-bond donors (Lipinski definition) is 0. The maximum atomic E-state index is 12.8. The Balaban J connectivity index is 1.93. The molecule has 1 aliphatic heterocycles. The zero-order valence-corrected chi connectivity index (χ0v) is 15.5. The number of amides is 2. The van der Waals surface area contributed by atoms with Crippen molar-refractivity contribution < 1.29 is 19.1 Å². The summed E-state index contributed by atoms with van der Waals surface area (Å²) in [6.07, 6.45) is -1.05. The van der Waals surface area contributed by atoms with Gasteiger partial charge in [-0.3, -0.25) is 4.79 Å². The Morgan fingerprint density at radius 3 is 2.44 bits per heavy atom. The predicted molar refractivity (Wildman–Crippen MR) is 95.1 cm³/mol. The summed E-state index contributed by atoms with van der Waals surface area (Å²) in [5, 5.41) is 0. The summed E-state index contributed by atoms with van der Waals surface area (Å²) >= 11 is 0. The molecule has 0 bridgehead atoms. The van der Waals surface area contributed by atoms with Crippen LogP contribution in [0.4, 0.5) is 4.79 Å². The Morgan fingerprint density at radius 1 is 1.20 bits per heavy atom. The van der Waals surface area contributed by atoms with Crippen molar-refractivity contribution in [3.8, 4) is 0 Å². The molecule has 1 heterocycles. The van der Waals surface area contributed by atoms with Crippen LogP contribution in [-0.4, -0.2) is 59.7 Å². The number of carbonyl (C=O) groups excluding carboxylic acids is 2. The highest BCUT2D eigenvalue weighted by Crippen LogP contribution is 2.15. The Morgan fingerprint density at radius 2 is 1.84 bits per heavy atom. The van der Waals surface area contributed by atoms with Gasteiger partial charge in [0.05, 0.1) is 13.2 Å². The third kappa shape index (κ3) is 5.19. The molecular weight excluding hydrogens is 320 g/mol. The van der Waals surface area contributed by atoms with Gasteiger partial charge in [0.2, 0.25) is 0 Å². The summed E-state index contributed by atoms with van der Waals surface area (Å²) in [4.78, 5) is 28.4. The molecule has 1 fully saturated rings. The van der Waals surface area contributed by atoms with Crippen molar-refractivity contribution in [2.24, 2.45) is 0 Å². The molecule has 0 spiro atoms. The molecule has 1 aromatic carbocycles. The molecule has 6 heteroatoms. The molecule has 1 aromatic rings. The number of rotatable bonds is 5. The highest BCUT2D eigenvalue weighted by atomic mass is 16.6. The van der Waals surface area contributed by atoms with Gasteiger partial charge in [0, 0.05) is 18.6 Å². The first-order valence-electron chi connectivity index (χ1n) is 8.79. The lowest BCUT2D eigenvalue weighted by Crippen LogP contribution is -2.55. The van der Waals surface area contributed by atoms with Crippen LogP contribution in [0.25, 0.3) is 0 Å². The molecule has 0 aliphatic carbocycles. The molecule has 1 saturated heterocycles. The van der Waals surface area contributed by atoms with Gasteiger partial charge < -0.3 is 19.3 Å². The minimum atomic E-state index is -0.636. The van der Waals surface area contributed by atoms with Gasteiger partial charge in [0.1, 0.15) is 6.61 Å². The van der Waals surface area contributed by atoms with Crippen LogP contribution in [0, 0.1) is 0 Å². The number of benzene rings is 1. The quantitative estimate of drug-likeness (QED) is 0.821. The van der Waals surface area contributed by atoms with Crippen molar-refractivity contribution in [3.05, 3.63) is 35.9 Å². The summed E-state index contributed by atoms with van der Waals surface area (Å²) in [6.45, 7) is 9.13. The summed E-state index contributed by atoms with van der Waals surface area (Å²) in [6, 6.07) is 9.69.